The van der Waals surface area contributed by atoms with E-state index in [1.807, 2.05) is 26.8 Å². The van der Waals surface area contributed by atoms with Gasteiger partial charge in [-0.25, -0.2) is 18.1 Å². The highest BCUT2D eigenvalue weighted by atomic mass is 32.2. The molecule has 0 saturated heterocycles. The van der Waals surface area contributed by atoms with Crippen LogP contribution in [0.1, 0.15) is 58.2 Å². The summed E-state index contributed by atoms with van der Waals surface area (Å²) in [6.45, 7) is 10.9. The summed E-state index contributed by atoms with van der Waals surface area (Å²) >= 11 is 0. The molecule has 232 valence electrons. The number of fused-ring (bicyclic) bond motifs is 1. The van der Waals surface area contributed by atoms with Crippen LogP contribution in [0, 0.1) is 0 Å². The number of rotatable bonds is 8. The van der Waals surface area contributed by atoms with Crippen LogP contribution >= 0.6 is 0 Å². The van der Waals surface area contributed by atoms with E-state index in [0.717, 1.165) is 23.0 Å². The lowest BCUT2D eigenvalue weighted by atomic mass is 9.92. The first-order chi connectivity index (χ1) is 19.8. The number of ether oxygens (including phenoxy) is 3. The van der Waals surface area contributed by atoms with E-state index >= 15 is 0 Å². The number of hydrogen-bond donors (Lipinski definition) is 1. The molecule has 3 aromatic rings. The topological polar surface area (TPSA) is 99.6 Å². The van der Waals surface area contributed by atoms with Crippen LogP contribution in [0.5, 0.6) is 17.6 Å². The van der Waals surface area contributed by atoms with E-state index in [2.05, 4.69) is 14.7 Å². The van der Waals surface area contributed by atoms with E-state index < -0.39 is 33.0 Å². The zero-order valence-corrected chi connectivity index (χ0v) is 26.2. The number of benzene rings is 2. The maximum absolute atomic E-state index is 14.8. The fraction of sp³-hybridized carbons (Fsp3) is 0.419. The van der Waals surface area contributed by atoms with Crippen molar-refractivity contribution in [1.82, 2.24) is 14.7 Å². The number of aromatic nitrogens is 2. The number of nitrogens with one attached hydrogen (secondary N) is 1. The van der Waals surface area contributed by atoms with Gasteiger partial charge in [-0.15, -0.1) is 0 Å². The number of nitrogens with zero attached hydrogens (tertiary/aromatic N) is 2. The van der Waals surface area contributed by atoms with Gasteiger partial charge in [0.25, 0.3) is 0 Å². The van der Waals surface area contributed by atoms with Crippen LogP contribution in [0.3, 0.4) is 0 Å². The number of methoxy groups -OCH3 is 1. The normalized spacial score (nSPS) is 13.9. The Bertz CT molecular complexity index is 1670. The molecule has 8 nitrogen and oxygen atoms in total. The fourth-order valence-electron chi connectivity index (χ4n) is 4.72. The number of halogens is 3. The first kappa shape index (κ1) is 32.3. The predicted octanol–water partition coefficient (Wildman–Crippen LogP) is 6.68. The van der Waals surface area contributed by atoms with Gasteiger partial charge in [0, 0.05) is 23.9 Å². The molecule has 12 heteroatoms. The summed E-state index contributed by atoms with van der Waals surface area (Å²) in [4.78, 5) is 8.54. The molecule has 0 spiro atoms. The summed E-state index contributed by atoms with van der Waals surface area (Å²) in [5.74, 6) is -0.410. The van der Waals surface area contributed by atoms with E-state index in [4.69, 9.17) is 14.2 Å². The molecule has 0 saturated carbocycles. The van der Waals surface area contributed by atoms with Crippen molar-refractivity contribution in [2.24, 2.45) is 0 Å². The molecule has 1 N–H and O–H groups in total. The van der Waals surface area contributed by atoms with Gasteiger partial charge in [-0.05, 0) is 70.2 Å². The second-order valence-corrected chi connectivity index (χ2v) is 14.1. The van der Waals surface area contributed by atoms with E-state index in [0.29, 0.717) is 12.0 Å². The highest BCUT2D eigenvalue weighted by Gasteiger charge is 2.40. The maximum Gasteiger partial charge on any atom is 0.420 e. The molecule has 0 aliphatic heterocycles. The van der Waals surface area contributed by atoms with Gasteiger partial charge in [0.1, 0.15) is 22.5 Å². The quantitative estimate of drug-likeness (QED) is 0.300. The summed E-state index contributed by atoms with van der Waals surface area (Å²) < 4.78 is 87.3. The van der Waals surface area contributed by atoms with Crippen molar-refractivity contribution in [3.63, 3.8) is 0 Å². The number of allylic oxidation sites excluding steroid dienone is 1. The minimum atomic E-state index is -4.81. The lowest BCUT2D eigenvalue weighted by molar-refractivity contribution is -0.138. The molecule has 0 radical (unpaired) electrons. The lowest BCUT2D eigenvalue weighted by Gasteiger charge is -2.25. The summed E-state index contributed by atoms with van der Waals surface area (Å²) in [6, 6.07) is 8.20. The lowest BCUT2D eigenvalue weighted by Crippen LogP contribution is -2.26. The minimum Gasteiger partial charge on any atom is -0.495 e. The Hall–Kier alpha value is -3.64. The average Bonchev–Trinajstić information content (AvgIpc) is 3.26. The second-order valence-electron chi connectivity index (χ2n) is 12.3. The van der Waals surface area contributed by atoms with Crippen molar-refractivity contribution in [2.45, 2.75) is 65.3 Å². The van der Waals surface area contributed by atoms with Gasteiger partial charge in [0.15, 0.2) is 0 Å². The van der Waals surface area contributed by atoms with Crippen molar-refractivity contribution in [1.29, 1.82) is 0 Å². The SMILES string of the molecule is COc1c(-c2ccc3c(c2)CC=C3CNS(C)(=O)=O)ccc(-c2cnc(OC(C)(C)C)nc2OC(C)(C)C)c1C(F)(F)F. The first-order valence-corrected chi connectivity index (χ1v) is 15.5. The Morgan fingerprint density at radius 3 is 2.12 bits per heavy atom. The van der Waals surface area contributed by atoms with E-state index in [9.17, 15) is 21.6 Å². The van der Waals surface area contributed by atoms with Crippen LogP contribution in [0.15, 0.2) is 42.6 Å². The van der Waals surface area contributed by atoms with Crippen molar-refractivity contribution >= 4 is 15.6 Å². The Labute approximate surface area is 250 Å². The van der Waals surface area contributed by atoms with E-state index in [1.54, 1.807) is 45.0 Å². The number of hydrogen-bond acceptors (Lipinski definition) is 7. The Morgan fingerprint density at radius 1 is 0.907 bits per heavy atom. The van der Waals surface area contributed by atoms with Crippen LogP contribution in [0.4, 0.5) is 13.2 Å². The summed E-state index contributed by atoms with van der Waals surface area (Å²) in [7, 11) is -2.18. The zero-order valence-electron chi connectivity index (χ0n) is 25.4. The van der Waals surface area contributed by atoms with Crippen molar-refractivity contribution in [3.8, 4) is 39.9 Å². The van der Waals surface area contributed by atoms with Crippen LogP contribution in [-0.2, 0) is 22.6 Å². The average molecular weight is 620 g/mol. The monoisotopic (exact) mass is 619 g/mol. The molecule has 0 atom stereocenters. The summed E-state index contributed by atoms with van der Waals surface area (Å²) in [5.41, 5.74) is 0.701. The zero-order chi connectivity index (χ0) is 32.0. The van der Waals surface area contributed by atoms with Gasteiger partial charge < -0.3 is 14.2 Å². The number of sulfonamides is 1. The Morgan fingerprint density at radius 2 is 1.53 bits per heavy atom. The van der Waals surface area contributed by atoms with Crippen molar-refractivity contribution < 1.29 is 35.8 Å². The van der Waals surface area contributed by atoms with Crippen LogP contribution in [0.2, 0.25) is 0 Å². The van der Waals surface area contributed by atoms with Gasteiger partial charge >= 0.3 is 12.2 Å². The summed E-state index contributed by atoms with van der Waals surface area (Å²) in [5, 5.41) is 0. The molecule has 1 heterocycles. The van der Waals surface area contributed by atoms with Crippen molar-refractivity contribution in [2.75, 3.05) is 19.9 Å². The van der Waals surface area contributed by atoms with Gasteiger partial charge in [-0.3, -0.25) is 0 Å². The number of alkyl halides is 3. The van der Waals surface area contributed by atoms with Gasteiger partial charge in [-0.1, -0.05) is 36.4 Å². The third kappa shape index (κ3) is 7.85. The predicted molar refractivity (Wildman–Crippen MR) is 160 cm³/mol. The molecular weight excluding hydrogens is 583 g/mol. The smallest absolute Gasteiger partial charge is 0.420 e. The third-order valence-corrected chi connectivity index (χ3v) is 6.99. The largest absolute Gasteiger partial charge is 0.495 e. The fourth-order valence-corrected chi connectivity index (χ4v) is 5.13. The van der Waals surface area contributed by atoms with Crippen LogP contribution in [0.25, 0.3) is 27.8 Å². The molecular formula is C31H36F3N3O5S. The molecule has 4 rings (SSSR count). The van der Waals surface area contributed by atoms with Crippen LogP contribution < -0.4 is 18.9 Å². The van der Waals surface area contributed by atoms with Gasteiger partial charge in [0.05, 0.1) is 18.9 Å². The highest BCUT2D eigenvalue weighted by molar-refractivity contribution is 7.88. The molecule has 0 bridgehead atoms. The molecule has 0 unspecified atom stereocenters. The molecule has 1 aromatic heterocycles. The van der Waals surface area contributed by atoms with Crippen LogP contribution in [-0.4, -0.2) is 49.5 Å². The van der Waals surface area contributed by atoms with E-state index in [1.165, 1.54) is 19.4 Å². The highest BCUT2D eigenvalue weighted by Crippen LogP contribution is 2.49. The molecule has 1 aliphatic carbocycles. The third-order valence-electron chi connectivity index (χ3n) is 6.32. The van der Waals surface area contributed by atoms with Gasteiger partial charge in [0.2, 0.25) is 15.9 Å². The van der Waals surface area contributed by atoms with Gasteiger partial charge in [-0.2, -0.15) is 18.2 Å². The van der Waals surface area contributed by atoms with E-state index in [-0.39, 0.29) is 40.9 Å². The molecule has 0 fully saturated rings. The second kappa shape index (κ2) is 11.5. The Kier molecular flexibility index (Phi) is 8.60. The molecule has 43 heavy (non-hydrogen) atoms. The standard InChI is InChI=1S/C31H36F3N3O5S/c1-29(2,3)41-27-24(17-35-28(37-27)42-30(4,5)6)23-14-13-22(26(40-7)25(23)31(32,33)34)19-11-12-21-18(15-19)9-10-20(21)16-36-43(8,38)39/h10-15,17,36H,9,16H2,1-8H3. The first-order valence-electron chi connectivity index (χ1n) is 13.6. The molecule has 0 amide bonds. The molecule has 1 aliphatic rings. The van der Waals surface area contributed by atoms with Crippen molar-refractivity contribution in [3.05, 3.63) is 59.3 Å². The summed E-state index contributed by atoms with van der Waals surface area (Å²) in [6.07, 6.45) is -0.0355. The minimum absolute atomic E-state index is 0.0227. The maximum atomic E-state index is 14.8. The molecule has 2 aromatic carbocycles. The Balaban J connectivity index is 1.84.